The van der Waals surface area contributed by atoms with Gasteiger partial charge in [0.1, 0.15) is 29.4 Å². The van der Waals surface area contributed by atoms with Crippen molar-refractivity contribution >= 4 is 63.5 Å². The van der Waals surface area contributed by atoms with E-state index in [1.165, 1.54) is 33.1 Å². The molecule has 2 aliphatic rings. The van der Waals surface area contributed by atoms with Gasteiger partial charge >= 0.3 is 5.97 Å². The van der Waals surface area contributed by atoms with E-state index in [-0.39, 0.29) is 34.6 Å². The van der Waals surface area contributed by atoms with Crippen LogP contribution in [0, 0.1) is 0 Å². The molecule has 17 heteroatoms. The van der Waals surface area contributed by atoms with Crippen molar-refractivity contribution in [2.45, 2.75) is 23.2 Å². The Balaban J connectivity index is 1.30. The van der Waals surface area contributed by atoms with Crippen LogP contribution < -0.4 is 11.1 Å². The zero-order valence-corrected chi connectivity index (χ0v) is 22.7. The second-order valence-electron chi connectivity index (χ2n) is 8.26. The molecule has 1 fully saturated rings. The van der Waals surface area contributed by atoms with Crippen molar-refractivity contribution in [1.82, 2.24) is 35.4 Å². The van der Waals surface area contributed by atoms with Crippen molar-refractivity contribution in [2.75, 3.05) is 17.2 Å². The number of hydrogen-bond acceptors (Lipinski definition) is 13. The van der Waals surface area contributed by atoms with Crippen LogP contribution in [-0.4, -0.2) is 81.6 Å². The van der Waals surface area contributed by atoms with E-state index in [0.29, 0.717) is 16.5 Å². The number of amides is 2. The third-order valence-electron chi connectivity index (χ3n) is 5.70. The average Bonchev–Trinajstić information content (AvgIpc) is 3.55. The first-order valence-electron chi connectivity index (χ1n) is 11.3. The van der Waals surface area contributed by atoms with Crippen LogP contribution in [0.5, 0.6) is 0 Å². The Morgan fingerprint density at radius 3 is 2.79 bits per heavy atom. The van der Waals surface area contributed by atoms with Gasteiger partial charge in [-0.25, -0.2) is 14.5 Å². The Kier molecular flexibility index (Phi) is 7.80. The number of aliphatic carboxylic acids is 1. The Morgan fingerprint density at radius 1 is 1.33 bits per heavy atom. The number of thioether (sulfide) groups is 2. The van der Waals surface area contributed by atoms with Gasteiger partial charge in [0, 0.05) is 23.9 Å². The van der Waals surface area contributed by atoms with E-state index >= 15 is 0 Å². The van der Waals surface area contributed by atoms with Crippen molar-refractivity contribution in [1.29, 1.82) is 0 Å². The second-order valence-corrected chi connectivity index (χ2v) is 11.2. The van der Waals surface area contributed by atoms with Gasteiger partial charge in [0.25, 0.3) is 11.8 Å². The largest absolute Gasteiger partial charge is 0.477 e. The maximum Gasteiger partial charge on any atom is 0.352 e. The first-order chi connectivity index (χ1) is 18.8. The number of carboxylic acid groups (broad SMARTS) is 1. The number of oxime groups is 1. The number of β-lactam (4-membered cyclic amide) rings is 1. The zero-order chi connectivity index (χ0) is 27.5. The van der Waals surface area contributed by atoms with Gasteiger partial charge in [0.05, 0.1) is 0 Å². The highest BCUT2D eigenvalue weighted by Gasteiger charge is 2.54. The van der Waals surface area contributed by atoms with Crippen molar-refractivity contribution in [3.05, 3.63) is 58.2 Å². The standard InChI is InChI=1S/C22H21N9O5S3/c1-30-22(26-28-29-30)39-9-12-8-37-19-15(18(33)31(19)16(12)20(34)35)25-17(32)14(13-10-38-21(23)24-13)27-36-7-11-5-3-2-4-6-11/h2-6,10,15,19H,7-9H2,1H3,(H2,23,24)(H,25,32)(H,34,35)/t15?,19-/m1/s1. The highest BCUT2D eigenvalue weighted by atomic mass is 32.2. The van der Waals surface area contributed by atoms with Gasteiger partial charge in [-0.05, 0) is 21.6 Å². The number of aryl methyl sites for hydroxylation is 1. The smallest absolute Gasteiger partial charge is 0.352 e. The predicted molar refractivity (Wildman–Crippen MR) is 144 cm³/mol. The molecule has 39 heavy (non-hydrogen) atoms. The van der Waals surface area contributed by atoms with E-state index in [4.69, 9.17) is 10.6 Å². The molecule has 0 spiro atoms. The third kappa shape index (κ3) is 5.59. The molecule has 2 aliphatic heterocycles. The van der Waals surface area contributed by atoms with Crippen LogP contribution >= 0.6 is 34.9 Å². The molecule has 1 saturated heterocycles. The van der Waals surface area contributed by atoms with Gasteiger partial charge in [0.2, 0.25) is 5.16 Å². The summed E-state index contributed by atoms with van der Waals surface area (Å²) in [7, 11) is 1.68. The molecule has 4 N–H and O–H groups in total. The minimum absolute atomic E-state index is 0.0933. The maximum atomic E-state index is 13.2. The lowest BCUT2D eigenvalue weighted by atomic mass is 10.0. The van der Waals surface area contributed by atoms with Gasteiger partial charge < -0.3 is 21.0 Å². The number of carbonyl (C=O) groups excluding carboxylic acids is 2. The first-order valence-corrected chi connectivity index (χ1v) is 14.3. The first kappa shape index (κ1) is 26.6. The number of nitrogens with zero attached hydrogens (tertiary/aromatic N) is 7. The van der Waals surface area contributed by atoms with Gasteiger partial charge in [-0.1, -0.05) is 47.2 Å². The van der Waals surface area contributed by atoms with Gasteiger partial charge in [-0.3, -0.25) is 14.5 Å². The summed E-state index contributed by atoms with van der Waals surface area (Å²) < 4.78 is 1.48. The molecule has 2 atom stereocenters. The fraction of sp³-hybridized carbons (Fsp3) is 0.273. The average molecular weight is 588 g/mol. The van der Waals surface area contributed by atoms with Gasteiger partial charge in [0.15, 0.2) is 10.8 Å². The van der Waals surface area contributed by atoms with Crippen molar-refractivity contribution in [2.24, 2.45) is 12.2 Å². The fourth-order valence-electron chi connectivity index (χ4n) is 3.85. The summed E-state index contributed by atoms with van der Waals surface area (Å²) in [6.07, 6.45) is 0. The molecule has 0 saturated carbocycles. The molecule has 202 valence electrons. The number of carbonyl (C=O) groups is 3. The second kappa shape index (κ2) is 11.4. The third-order valence-corrected chi connectivity index (χ3v) is 8.81. The summed E-state index contributed by atoms with van der Waals surface area (Å²) in [6, 6.07) is 8.32. The van der Waals surface area contributed by atoms with Crippen molar-refractivity contribution in [3.8, 4) is 0 Å². The van der Waals surface area contributed by atoms with Crippen LogP contribution in [0.25, 0.3) is 0 Å². The van der Waals surface area contributed by atoms with Crippen LogP contribution in [0.3, 0.4) is 0 Å². The Labute approximate surface area is 233 Å². The maximum absolute atomic E-state index is 13.2. The summed E-state index contributed by atoms with van der Waals surface area (Å²) in [6.45, 7) is 0.115. The summed E-state index contributed by atoms with van der Waals surface area (Å²) in [4.78, 5) is 49.2. The number of fused-ring (bicyclic) bond motifs is 1. The van der Waals surface area contributed by atoms with E-state index in [0.717, 1.165) is 16.9 Å². The molecule has 0 bridgehead atoms. The van der Waals surface area contributed by atoms with Crippen LogP contribution in [0.2, 0.25) is 0 Å². The molecular weight excluding hydrogens is 567 g/mol. The fourth-order valence-corrected chi connectivity index (χ4v) is 6.73. The van der Waals surface area contributed by atoms with Crippen LogP contribution in [0.15, 0.2) is 57.3 Å². The number of hydrogen-bond donors (Lipinski definition) is 3. The summed E-state index contributed by atoms with van der Waals surface area (Å²) in [5, 5.41) is 29.5. The zero-order valence-electron chi connectivity index (χ0n) is 20.3. The molecule has 2 amide bonds. The highest BCUT2D eigenvalue weighted by molar-refractivity contribution is 8.01. The quantitative estimate of drug-likeness (QED) is 0.130. The molecule has 5 rings (SSSR count). The molecule has 14 nitrogen and oxygen atoms in total. The van der Waals surface area contributed by atoms with Crippen LogP contribution in [-0.2, 0) is 32.9 Å². The van der Waals surface area contributed by atoms with Crippen molar-refractivity contribution < 1.29 is 24.3 Å². The van der Waals surface area contributed by atoms with Gasteiger partial charge in [-0.2, -0.15) is 0 Å². The Hall–Kier alpha value is -3.96. The monoisotopic (exact) mass is 587 g/mol. The molecule has 1 aromatic carbocycles. The number of tetrazole rings is 1. The van der Waals surface area contributed by atoms with Crippen LogP contribution in [0.4, 0.5) is 5.13 Å². The lowest BCUT2D eigenvalue weighted by Crippen LogP contribution is -2.71. The molecule has 4 heterocycles. The minimum Gasteiger partial charge on any atom is -0.477 e. The Bertz CT molecular complexity index is 1470. The van der Waals surface area contributed by atoms with E-state index in [1.54, 1.807) is 12.4 Å². The van der Waals surface area contributed by atoms with E-state index in [2.05, 4.69) is 31.0 Å². The van der Waals surface area contributed by atoms with Gasteiger partial charge in [-0.15, -0.1) is 28.2 Å². The lowest BCUT2D eigenvalue weighted by molar-refractivity contribution is -0.150. The van der Waals surface area contributed by atoms with Crippen molar-refractivity contribution in [3.63, 3.8) is 0 Å². The summed E-state index contributed by atoms with van der Waals surface area (Å²) >= 11 is 3.76. The number of anilines is 1. The predicted octanol–water partition coefficient (Wildman–Crippen LogP) is 0.701. The molecule has 0 radical (unpaired) electrons. The minimum atomic E-state index is -1.22. The molecule has 3 aromatic rings. The van der Waals surface area contributed by atoms with E-state index in [1.807, 2.05) is 30.3 Å². The summed E-state index contributed by atoms with van der Waals surface area (Å²) in [5.74, 6) is -1.81. The number of nitrogens with two attached hydrogens (primary N) is 1. The number of nitrogens with one attached hydrogen (secondary N) is 1. The Morgan fingerprint density at radius 2 is 2.13 bits per heavy atom. The molecule has 1 unspecified atom stereocenters. The summed E-state index contributed by atoms with van der Waals surface area (Å²) in [5.41, 5.74) is 7.12. The number of carboxylic acids is 1. The highest BCUT2D eigenvalue weighted by Crippen LogP contribution is 2.41. The SMILES string of the molecule is Cn1nnnc1SCC1=C(C(=O)O)N2C(=O)C(NC(=O)C(=NOCc3ccccc3)c3csc(N)n3)[C@H]2SC1. The number of nitrogen functional groups attached to an aromatic ring is 1. The molecule has 2 aromatic heterocycles. The number of aromatic nitrogens is 5. The topological polar surface area (TPSA) is 191 Å². The number of thiazole rings is 1. The lowest BCUT2D eigenvalue weighted by Gasteiger charge is -2.49. The normalized spacial score (nSPS) is 18.9. The molecule has 0 aliphatic carbocycles. The number of rotatable bonds is 10. The number of benzene rings is 1. The van der Waals surface area contributed by atoms with E-state index < -0.39 is 29.2 Å². The van der Waals surface area contributed by atoms with Crippen LogP contribution in [0.1, 0.15) is 11.3 Å². The molecular formula is C22H21N9O5S3. The van der Waals surface area contributed by atoms with E-state index in [9.17, 15) is 19.5 Å².